The van der Waals surface area contributed by atoms with Gasteiger partial charge < -0.3 is 30.2 Å². The minimum absolute atomic E-state index is 0. The van der Waals surface area contributed by atoms with Gasteiger partial charge >= 0.3 is 51.4 Å². The molecule has 3 N–H and O–H groups in total. The number of hydrogen-bond donors (Lipinski definition) is 2. The molecule has 0 radical (unpaired) electrons. The number of carboxylic acid groups (broad SMARTS) is 1. The molecule has 0 spiro atoms. The van der Waals surface area contributed by atoms with Crippen LogP contribution in [0, 0.1) is 0 Å². The van der Waals surface area contributed by atoms with E-state index in [9.17, 15) is 15.0 Å². The Morgan fingerprint density at radius 2 is 1.93 bits per heavy atom. The van der Waals surface area contributed by atoms with E-state index in [4.69, 9.17) is 15.2 Å². The third kappa shape index (κ3) is 6.43. The minimum Gasteiger partial charge on any atom is -0.548 e. The Kier molecular flexibility index (Phi) is 11.4. The fraction of sp³-hybridized carbons (Fsp3) is 0.857. The Labute approximate surface area is 125 Å². The van der Waals surface area contributed by atoms with Gasteiger partial charge in [-0.25, -0.2) is 0 Å². The number of hydrogen-bond acceptors (Lipinski definition) is 6. The molecule has 0 saturated carbocycles. The molecule has 0 fully saturated rings. The third-order valence-electron chi connectivity index (χ3n) is 1.65. The van der Waals surface area contributed by atoms with Crippen LogP contribution in [0.5, 0.6) is 0 Å². The maximum atomic E-state index is 10.2. The van der Waals surface area contributed by atoms with Gasteiger partial charge in [0.05, 0.1) is 18.1 Å². The first-order valence-corrected chi connectivity index (χ1v) is 3.73. The molecule has 0 heterocycles. The van der Waals surface area contributed by atoms with E-state index in [1.165, 1.54) is 14.2 Å². The molecule has 0 aromatic rings. The van der Waals surface area contributed by atoms with Crippen LogP contribution < -0.4 is 62.2 Å². The van der Waals surface area contributed by atoms with E-state index >= 15 is 0 Å². The van der Waals surface area contributed by atoms with Crippen molar-refractivity contribution in [3.63, 3.8) is 0 Å². The Morgan fingerprint density at radius 1 is 1.50 bits per heavy atom. The number of ether oxygens (including phenoxy) is 2. The van der Waals surface area contributed by atoms with Crippen molar-refractivity contribution < 1.29 is 75.9 Å². The second kappa shape index (κ2) is 9.19. The Hall–Kier alpha value is 0.946. The van der Waals surface area contributed by atoms with Crippen LogP contribution in [0.3, 0.4) is 0 Å². The van der Waals surface area contributed by atoms with Crippen LogP contribution in [-0.2, 0) is 14.3 Å². The Bertz CT molecular complexity index is 164. The summed E-state index contributed by atoms with van der Waals surface area (Å²) in [6, 6.07) is -1.42. The van der Waals surface area contributed by atoms with Gasteiger partial charge in [-0.2, -0.15) is 0 Å². The molecule has 6 nitrogen and oxygen atoms in total. The van der Waals surface area contributed by atoms with Crippen LogP contribution in [-0.4, -0.2) is 43.7 Å². The molecule has 2 atom stereocenters. The zero-order valence-corrected chi connectivity index (χ0v) is 11.7. The zero-order valence-electron chi connectivity index (χ0n) is 8.60. The second-order valence-corrected chi connectivity index (χ2v) is 2.55. The predicted octanol–water partition coefficient (Wildman–Crippen LogP) is -5.56. The van der Waals surface area contributed by atoms with Gasteiger partial charge in [0.1, 0.15) is 0 Å². The molecule has 0 unspecified atom stereocenters. The summed E-state index contributed by atoms with van der Waals surface area (Å²) in [5, 5.41) is 19.4. The quantitative estimate of drug-likeness (QED) is 0.349. The van der Waals surface area contributed by atoms with Gasteiger partial charge in [-0.3, -0.25) is 0 Å². The molecule has 0 aromatic heterocycles. The number of aliphatic hydroxyl groups excluding tert-OH is 1. The summed E-state index contributed by atoms with van der Waals surface area (Å²) < 4.78 is 9.50. The molecule has 0 aliphatic carbocycles. The maximum absolute atomic E-state index is 10.2. The normalized spacial score (nSPS) is 14.6. The Balaban J connectivity index is 0. The van der Waals surface area contributed by atoms with Gasteiger partial charge in [0.15, 0.2) is 6.29 Å². The summed E-state index contributed by atoms with van der Waals surface area (Å²) in [5.74, 6) is -1.50. The van der Waals surface area contributed by atoms with Crippen molar-refractivity contribution in [1.29, 1.82) is 0 Å². The van der Waals surface area contributed by atoms with Gasteiger partial charge in [-0.15, -0.1) is 0 Å². The topological polar surface area (TPSA) is 105 Å². The number of aliphatic carboxylic acids is 1. The molecule has 0 aliphatic rings. The molecule has 0 aromatic carbocycles. The SMILES string of the molecule is COC(C[C@H](O)[C@H](N)C(=O)[O-])OC.[K+]. The van der Waals surface area contributed by atoms with E-state index in [0.29, 0.717) is 0 Å². The van der Waals surface area contributed by atoms with Crippen LogP contribution >= 0.6 is 0 Å². The number of rotatable bonds is 6. The molecule has 0 bridgehead atoms. The van der Waals surface area contributed by atoms with Gasteiger partial charge in [-0.1, -0.05) is 0 Å². The molecule has 7 heteroatoms. The molecule has 14 heavy (non-hydrogen) atoms. The van der Waals surface area contributed by atoms with Crippen LogP contribution in [0.2, 0.25) is 0 Å². The first-order chi connectivity index (χ1) is 6.02. The molecular formula is C7H14KNO5. The van der Waals surface area contributed by atoms with Crippen LogP contribution in [0.1, 0.15) is 6.42 Å². The van der Waals surface area contributed by atoms with Crippen molar-refractivity contribution in [2.24, 2.45) is 5.73 Å². The summed E-state index contributed by atoms with van der Waals surface area (Å²) in [5.41, 5.74) is 5.09. The van der Waals surface area contributed by atoms with E-state index in [0.717, 1.165) is 0 Å². The maximum Gasteiger partial charge on any atom is 1.00 e. The summed E-state index contributed by atoms with van der Waals surface area (Å²) in [7, 11) is 2.76. The largest absolute Gasteiger partial charge is 1.00 e. The van der Waals surface area contributed by atoms with Gasteiger partial charge in [0, 0.05) is 20.6 Å². The fourth-order valence-electron chi connectivity index (χ4n) is 0.790. The zero-order chi connectivity index (χ0) is 10.4. The van der Waals surface area contributed by atoms with E-state index in [1.54, 1.807) is 0 Å². The molecule has 78 valence electrons. The molecule has 0 aliphatic heterocycles. The number of aliphatic hydroxyl groups is 1. The molecule has 0 amide bonds. The van der Waals surface area contributed by atoms with Crippen LogP contribution in [0.25, 0.3) is 0 Å². The van der Waals surface area contributed by atoms with Gasteiger partial charge in [0.25, 0.3) is 0 Å². The van der Waals surface area contributed by atoms with E-state index in [1.807, 2.05) is 0 Å². The number of nitrogens with two attached hydrogens (primary N) is 1. The summed E-state index contributed by atoms with van der Waals surface area (Å²) >= 11 is 0. The fourth-order valence-corrected chi connectivity index (χ4v) is 0.790. The standard InChI is InChI=1S/C7H15NO5.K/c1-12-5(13-2)3-4(9)6(8)7(10)11;/h4-6,9H,3,8H2,1-2H3,(H,10,11);/q;+1/p-1/t4-,6-;/m0./s1. The smallest absolute Gasteiger partial charge is 0.548 e. The monoisotopic (exact) mass is 231 g/mol. The second-order valence-electron chi connectivity index (χ2n) is 2.55. The van der Waals surface area contributed by atoms with Crippen molar-refractivity contribution in [3.05, 3.63) is 0 Å². The number of carboxylic acids is 1. The number of methoxy groups -OCH3 is 2. The summed E-state index contributed by atoms with van der Waals surface area (Å²) in [6.07, 6.45) is -1.92. The average molecular weight is 231 g/mol. The Morgan fingerprint density at radius 3 is 2.21 bits per heavy atom. The average Bonchev–Trinajstić information content (AvgIpc) is 2.12. The van der Waals surface area contributed by atoms with Crippen molar-refractivity contribution in [2.45, 2.75) is 24.9 Å². The van der Waals surface area contributed by atoms with E-state index in [2.05, 4.69) is 0 Å². The third-order valence-corrected chi connectivity index (χ3v) is 1.65. The number of carbonyl (C=O) groups excluding carboxylic acids is 1. The van der Waals surface area contributed by atoms with Crippen molar-refractivity contribution in [2.75, 3.05) is 14.2 Å². The van der Waals surface area contributed by atoms with E-state index < -0.39 is 24.4 Å². The first kappa shape index (κ1) is 17.3. The molecule has 0 rings (SSSR count). The number of carbonyl (C=O) groups is 1. The van der Waals surface area contributed by atoms with Crippen LogP contribution in [0.15, 0.2) is 0 Å². The molecule has 0 saturated heterocycles. The summed E-state index contributed by atoms with van der Waals surface area (Å²) in [4.78, 5) is 10.2. The minimum atomic E-state index is -1.50. The van der Waals surface area contributed by atoms with Gasteiger partial charge in [0.2, 0.25) is 0 Å². The van der Waals surface area contributed by atoms with Crippen LogP contribution in [0.4, 0.5) is 0 Å². The van der Waals surface area contributed by atoms with Gasteiger partial charge in [-0.05, 0) is 0 Å². The summed E-state index contributed by atoms with van der Waals surface area (Å²) in [6.45, 7) is 0. The van der Waals surface area contributed by atoms with Crippen molar-refractivity contribution in [1.82, 2.24) is 0 Å². The first-order valence-electron chi connectivity index (χ1n) is 3.73. The van der Waals surface area contributed by atoms with E-state index in [-0.39, 0.29) is 57.8 Å². The predicted molar refractivity (Wildman–Crippen MR) is 41.4 cm³/mol. The van der Waals surface area contributed by atoms with Crippen molar-refractivity contribution >= 4 is 5.97 Å². The molecular weight excluding hydrogens is 217 g/mol. The van der Waals surface area contributed by atoms with Crippen molar-refractivity contribution in [3.8, 4) is 0 Å².